The number of nitrogen functional groups attached to an aromatic ring is 1. The minimum Gasteiger partial charge on any atom is -0.393 e. The summed E-state index contributed by atoms with van der Waals surface area (Å²) >= 11 is 1.52. The highest BCUT2D eigenvalue weighted by Crippen LogP contribution is 2.33. The first-order valence-electron chi connectivity index (χ1n) is 8.36. The van der Waals surface area contributed by atoms with Crippen molar-refractivity contribution in [1.82, 2.24) is 15.0 Å². The van der Waals surface area contributed by atoms with Crippen LogP contribution in [-0.2, 0) is 0 Å². The smallest absolute Gasteiger partial charge is 0.189 e. The Morgan fingerprint density at radius 1 is 1.19 bits per heavy atom. The average molecular weight is 378 g/mol. The number of rotatable bonds is 7. The van der Waals surface area contributed by atoms with Gasteiger partial charge in [-0.3, -0.25) is 0 Å². The zero-order valence-electron chi connectivity index (χ0n) is 14.8. The van der Waals surface area contributed by atoms with Crippen molar-refractivity contribution in [2.75, 3.05) is 29.0 Å². The summed E-state index contributed by atoms with van der Waals surface area (Å²) in [6, 6.07) is 10.2. The Labute approximate surface area is 160 Å². The summed E-state index contributed by atoms with van der Waals surface area (Å²) in [5, 5.41) is 21.6. The number of hydrogen-bond acceptors (Lipinski definition) is 9. The lowest BCUT2D eigenvalue weighted by Crippen LogP contribution is -2.27. The van der Waals surface area contributed by atoms with Gasteiger partial charge >= 0.3 is 0 Å². The predicted molar refractivity (Wildman–Crippen MR) is 107 cm³/mol. The molecule has 0 fully saturated rings. The van der Waals surface area contributed by atoms with Gasteiger partial charge in [0.25, 0.3) is 0 Å². The van der Waals surface area contributed by atoms with Gasteiger partial charge in [0.2, 0.25) is 0 Å². The summed E-state index contributed by atoms with van der Waals surface area (Å²) in [5.41, 5.74) is 8.70. The van der Waals surface area contributed by atoms with E-state index in [-0.39, 0.29) is 0 Å². The molecule has 0 saturated heterocycles. The van der Waals surface area contributed by atoms with Gasteiger partial charge in [-0.25, -0.2) is 15.0 Å². The molecule has 8 nitrogen and oxygen atoms in total. The summed E-state index contributed by atoms with van der Waals surface area (Å²) in [5.74, 6) is 0.964. The predicted octanol–water partition coefficient (Wildman–Crippen LogP) is 3.35. The third-order valence-electron chi connectivity index (χ3n) is 4.00. The lowest BCUT2D eigenvalue weighted by molar-refractivity contribution is 0.782. The van der Waals surface area contributed by atoms with Crippen molar-refractivity contribution in [2.45, 2.75) is 19.8 Å². The lowest BCUT2D eigenvalue weighted by atomic mass is 10.2. The normalized spacial score (nSPS) is 10.3. The SMILES string of the molecule is Cc1cccc2sc(Nc3ncnc(N(CCC#N)CCC#N)c3N)nc12. The van der Waals surface area contributed by atoms with Crippen LogP contribution < -0.4 is 16.0 Å². The molecule has 9 heteroatoms. The average Bonchev–Trinajstić information content (AvgIpc) is 3.08. The maximum Gasteiger partial charge on any atom is 0.189 e. The second kappa shape index (κ2) is 8.30. The van der Waals surface area contributed by atoms with E-state index in [0.717, 1.165) is 15.8 Å². The Hall–Kier alpha value is -3.43. The molecular formula is C18H18N8S. The molecule has 0 spiro atoms. The fourth-order valence-corrected chi connectivity index (χ4v) is 3.62. The maximum absolute atomic E-state index is 8.87. The summed E-state index contributed by atoms with van der Waals surface area (Å²) in [7, 11) is 0. The Morgan fingerprint density at radius 2 is 1.93 bits per heavy atom. The number of anilines is 4. The molecule has 0 aliphatic rings. The largest absolute Gasteiger partial charge is 0.393 e. The van der Waals surface area contributed by atoms with Gasteiger partial charge in [0, 0.05) is 13.1 Å². The zero-order chi connectivity index (χ0) is 19.2. The van der Waals surface area contributed by atoms with E-state index in [0.29, 0.717) is 48.4 Å². The van der Waals surface area contributed by atoms with E-state index in [1.54, 1.807) is 0 Å². The van der Waals surface area contributed by atoms with E-state index >= 15 is 0 Å². The lowest BCUT2D eigenvalue weighted by Gasteiger charge is -2.23. The molecule has 2 aromatic heterocycles. The minimum absolute atomic E-state index is 0.314. The van der Waals surface area contributed by atoms with Crippen molar-refractivity contribution in [3.8, 4) is 12.1 Å². The Balaban J connectivity index is 1.90. The van der Waals surface area contributed by atoms with Crippen molar-refractivity contribution in [3.05, 3.63) is 30.1 Å². The molecule has 1 aromatic carbocycles. The molecule has 3 N–H and O–H groups in total. The van der Waals surface area contributed by atoms with E-state index in [1.165, 1.54) is 17.7 Å². The second-order valence-corrected chi connectivity index (χ2v) is 6.86. The molecule has 0 aliphatic carbocycles. The number of hydrogen-bond donors (Lipinski definition) is 2. The summed E-state index contributed by atoms with van der Waals surface area (Å²) < 4.78 is 1.08. The topological polar surface area (TPSA) is 128 Å². The van der Waals surface area contributed by atoms with Crippen LogP contribution in [0.4, 0.5) is 22.5 Å². The second-order valence-electron chi connectivity index (χ2n) is 5.83. The zero-order valence-corrected chi connectivity index (χ0v) is 15.6. The van der Waals surface area contributed by atoms with Gasteiger partial charge in [0.1, 0.15) is 12.0 Å². The first-order valence-corrected chi connectivity index (χ1v) is 9.18. The number of para-hydroxylation sites is 1. The van der Waals surface area contributed by atoms with Crippen LogP contribution in [0.5, 0.6) is 0 Å². The van der Waals surface area contributed by atoms with Crippen LogP contribution in [0.3, 0.4) is 0 Å². The van der Waals surface area contributed by atoms with Gasteiger partial charge in [0.05, 0.1) is 35.2 Å². The Kier molecular flexibility index (Phi) is 5.64. The van der Waals surface area contributed by atoms with E-state index in [2.05, 4.69) is 32.4 Å². The van der Waals surface area contributed by atoms with Crippen LogP contribution in [0.2, 0.25) is 0 Å². The summed E-state index contributed by atoms with van der Waals surface area (Å²) in [6.07, 6.45) is 2.04. The number of aryl methyl sites for hydroxylation is 1. The molecule has 0 saturated carbocycles. The molecule has 0 unspecified atom stereocenters. The van der Waals surface area contributed by atoms with Crippen molar-refractivity contribution < 1.29 is 0 Å². The van der Waals surface area contributed by atoms with Crippen LogP contribution in [-0.4, -0.2) is 28.0 Å². The fourth-order valence-electron chi connectivity index (χ4n) is 2.67. The molecule has 27 heavy (non-hydrogen) atoms. The molecular weight excluding hydrogens is 360 g/mol. The van der Waals surface area contributed by atoms with Crippen LogP contribution in [0.1, 0.15) is 18.4 Å². The third-order valence-corrected chi connectivity index (χ3v) is 4.93. The van der Waals surface area contributed by atoms with Crippen LogP contribution in [0.15, 0.2) is 24.5 Å². The van der Waals surface area contributed by atoms with Crippen LogP contribution >= 0.6 is 11.3 Å². The van der Waals surface area contributed by atoms with Crippen LogP contribution in [0, 0.1) is 29.6 Å². The molecule has 0 bridgehead atoms. The fraction of sp³-hybridized carbons (Fsp3) is 0.278. The van der Waals surface area contributed by atoms with Gasteiger partial charge in [0.15, 0.2) is 16.8 Å². The van der Waals surface area contributed by atoms with Crippen molar-refractivity contribution in [3.63, 3.8) is 0 Å². The molecule has 2 heterocycles. The molecule has 3 rings (SSSR count). The molecule has 0 amide bonds. The number of thiazole rings is 1. The van der Waals surface area contributed by atoms with Gasteiger partial charge < -0.3 is 16.0 Å². The van der Waals surface area contributed by atoms with Gasteiger partial charge in [-0.2, -0.15) is 10.5 Å². The molecule has 0 radical (unpaired) electrons. The number of nitrogens with zero attached hydrogens (tertiary/aromatic N) is 6. The van der Waals surface area contributed by atoms with Crippen molar-refractivity contribution in [1.29, 1.82) is 10.5 Å². The van der Waals surface area contributed by atoms with E-state index in [4.69, 9.17) is 16.3 Å². The number of fused-ring (bicyclic) bond motifs is 1. The third kappa shape index (κ3) is 4.05. The van der Waals surface area contributed by atoms with Crippen molar-refractivity contribution >= 4 is 44.0 Å². The summed E-state index contributed by atoms with van der Waals surface area (Å²) in [4.78, 5) is 14.9. The van der Waals surface area contributed by atoms with Gasteiger partial charge in [-0.05, 0) is 18.6 Å². The Bertz CT molecular complexity index is 1010. The highest BCUT2D eigenvalue weighted by molar-refractivity contribution is 7.22. The summed E-state index contributed by atoms with van der Waals surface area (Å²) in [6.45, 7) is 2.91. The monoisotopic (exact) mass is 378 g/mol. The standard InChI is InChI=1S/C18H18N8S/c1-12-5-2-6-13-15(12)24-18(27-13)25-16-14(21)17(23-11-22-16)26(9-3-7-19)10-4-8-20/h2,5-6,11H,3-4,9-10,21H2,1H3,(H,22,23,24,25). The number of nitriles is 2. The van der Waals surface area contributed by atoms with E-state index in [1.807, 2.05) is 30.0 Å². The van der Waals surface area contributed by atoms with Gasteiger partial charge in [-0.15, -0.1) is 0 Å². The molecule has 3 aromatic rings. The highest BCUT2D eigenvalue weighted by atomic mass is 32.1. The number of aromatic nitrogens is 3. The van der Waals surface area contributed by atoms with E-state index < -0.39 is 0 Å². The van der Waals surface area contributed by atoms with Gasteiger partial charge in [-0.1, -0.05) is 23.5 Å². The minimum atomic E-state index is 0.314. The first-order chi connectivity index (χ1) is 13.1. The van der Waals surface area contributed by atoms with E-state index in [9.17, 15) is 0 Å². The molecule has 136 valence electrons. The quantitative estimate of drug-likeness (QED) is 0.640. The van der Waals surface area contributed by atoms with Crippen LogP contribution in [0.25, 0.3) is 10.2 Å². The Morgan fingerprint density at radius 3 is 2.59 bits per heavy atom. The molecule has 0 aliphatic heterocycles. The number of nitrogens with two attached hydrogens (primary N) is 1. The van der Waals surface area contributed by atoms with Crippen molar-refractivity contribution in [2.24, 2.45) is 0 Å². The molecule has 0 atom stereocenters. The number of nitrogens with one attached hydrogen (secondary N) is 1. The maximum atomic E-state index is 8.87. The first kappa shape index (κ1) is 18.4. The highest BCUT2D eigenvalue weighted by Gasteiger charge is 2.16. The number of benzene rings is 1.